The Bertz CT molecular complexity index is 340. The summed E-state index contributed by atoms with van der Waals surface area (Å²) in [5, 5.41) is 0. The van der Waals surface area contributed by atoms with Crippen molar-refractivity contribution in [2.75, 3.05) is 32.4 Å². The highest BCUT2D eigenvalue weighted by Gasteiger charge is 2.30. The molecule has 1 saturated heterocycles. The van der Waals surface area contributed by atoms with Gasteiger partial charge in [0.2, 0.25) is 10.0 Å². The third-order valence-corrected chi connectivity index (χ3v) is 5.82. The van der Waals surface area contributed by atoms with Crippen molar-refractivity contribution in [2.24, 2.45) is 0 Å². The molecule has 0 aromatic rings. The summed E-state index contributed by atoms with van der Waals surface area (Å²) in [4.78, 5) is 1.65. The Morgan fingerprint density at radius 1 is 0.944 bits per heavy atom. The smallest absolute Gasteiger partial charge is 0.211 e. The molecule has 0 atom stereocenters. The van der Waals surface area contributed by atoms with Crippen molar-refractivity contribution >= 4 is 10.0 Å². The molecule has 1 N–H and O–H groups in total. The lowest BCUT2D eigenvalue weighted by Gasteiger charge is -2.36. The molecular formula is C13H27N2O2S+. The van der Waals surface area contributed by atoms with E-state index < -0.39 is 10.0 Å². The first-order chi connectivity index (χ1) is 8.57. The van der Waals surface area contributed by atoms with Crippen molar-refractivity contribution < 1.29 is 13.3 Å². The first kappa shape index (κ1) is 14.3. The van der Waals surface area contributed by atoms with Gasteiger partial charge in [-0.15, -0.1) is 0 Å². The van der Waals surface area contributed by atoms with Crippen LogP contribution in [0.3, 0.4) is 0 Å². The summed E-state index contributed by atoms with van der Waals surface area (Å²) >= 11 is 0. The Kier molecular flexibility index (Phi) is 5.04. The van der Waals surface area contributed by atoms with Crippen LogP contribution in [0.15, 0.2) is 0 Å². The van der Waals surface area contributed by atoms with E-state index in [0.29, 0.717) is 13.1 Å². The second-order valence-corrected chi connectivity index (χ2v) is 7.84. The van der Waals surface area contributed by atoms with Crippen LogP contribution < -0.4 is 4.90 Å². The summed E-state index contributed by atoms with van der Waals surface area (Å²) in [6.45, 7) is 3.42. The van der Waals surface area contributed by atoms with E-state index in [9.17, 15) is 8.42 Å². The van der Waals surface area contributed by atoms with Crippen LogP contribution in [0.5, 0.6) is 0 Å². The molecule has 4 nitrogen and oxygen atoms in total. The van der Waals surface area contributed by atoms with Gasteiger partial charge in [-0.05, 0) is 25.7 Å². The molecule has 2 aliphatic rings. The normalized spacial score (nSPS) is 26.7. The number of nitrogens with one attached hydrogen (secondary N) is 1. The first-order valence-corrected chi connectivity index (χ1v) is 9.22. The highest BCUT2D eigenvalue weighted by atomic mass is 32.2. The average Bonchev–Trinajstić information content (AvgIpc) is 2.27. The van der Waals surface area contributed by atoms with Crippen LogP contribution in [-0.2, 0) is 10.0 Å². The highest BCUT2D eigenvalue weighted by molar-refractivity contribution is 7.88. The van der Waals surface area contributed by atoms with E-state index >= 15 is 0 Å². The maximum absolute atomic E-state index is 11.5. The minimum atomic E-state index is -2.97. The van der Waals surface area contributed by atoms with Crippen LogP contribution in [0.2, 0.25) is 0 Å². The Balaban J connectivity index is 1.84. The largest absolute Gasteiger partial charge is 0.330 e. The minimum Gasteiger partial charge on any atom is -0.330 e. The van der Waals surface area contributed by atoms with Crippen molar-refractivity contribution in [3.8, 4) is 0 Å². The Hall–Kier alpha value is -0.130. The number of hydrogen-bond acceptors (Lipinski definition) is 2. The molecule has 2 fully saturated rings. The van der Waals surface area contributed by atoms with Crippen LogP contribution in [0.4, 0.5) is 0 Å². The van der Waals surface area contributed by atoms with Crippen molar-refractivity contribution in [1.29, 1.82) is 0 Å². The zero-order valence-corrected chi connectivity index (χ0v) is 12.3. The molecule has 1 heterocycles. The standard InChI is InChI=1S/C13H26N2O2S/c1-18(16,17)15-11-9-14(10-12-15)13-7-5-3-2-4-6-8-13/h13H,2-12H2,1H3/p+1. The average molecular weight is 275 g/mol. The monoisotopic (exact) mass is 275 g/mol. The highest BCUT2D eigenvalue weighted by Crippen LogP contribution is 2.15. The van der Waals surface area contributed by atoms with Gasteiger partial charge in [0.15, 0.2) is 0 Å². The molecule has 1 aliphatic heterocycles. The maximum Gasteiger partial charge on any atom is 0.211 e. The second-order valence-electron chi connectivity index (χ2n) is 5.86. The molecule has 0 spiro atoms. The quantitative estimate of drug-likeness (QED) is 0.785. The number of nitrogens with zero attached hydrogens (tertiary/aromatic N) is 1. The number of piperazine rings is 1. The van der Waals surface area contributed by atoms with Crippen molar-refractivity contribution in [3.05, 3.63) is 0 Å². The summed E-state index contributed by atoms with van der Waals surface area (Å²) in [5.41, 5.74) is 0. The van der Waals surface area contributed by atoms with Gasteiger partial charge >= 0.3 is 0 Å². The van der Waals surface area contributed by atoms with Gasteiger partial charge in [0.25, 0.3) is 0 Å². The Labute approximate surface area is 111 Å². The van der Waals surface area contributed by atoms with Crippen LogP contribution in [0, 0.1) is 0 Å². The summed E-state index contributed by atoms with van der Waals surface area (Å²) < 4.78 is 24.6. The fourth-order valence-corrected chi connectivity index (χ4v) is 4.22. The molecule has 0 unspecified atom stereocenters. The molecule has 1 aliphatic carbocycles. The number of rotatable bonds is 2. The van der Waals surface area contributed by atoms with E-state index in [1.54, 1.807) is 9.21 Å². The zero-order valence-electron chi connectivity index (χ0n) is 11.5. The molecule has 0 radical (unpaired) electrons. The van der Waals surface area contributed by atoms with Crippen molar-refractivity contribution in [3.63, 3.8) is 0 Å². The topological polar surface area (TPSA) is 41.8 Å². The van der Waals surface area contributed by atoms with E-state index in [4.69, 9.17) is 0 Å². The van der Waals surface area contributed by atoms with Gasteiger partial charge in [0, 0.05) is 0 Å². The minimum absolute atomic E-state index is 0.713. The SMILES string of the molecule is CS(=O)(=O)N1CC[NH+](C2CCCCCCC2)CC1. The Morgan fingerprint density at radius 3 is 1.94 bits per heavy atom. The number of quaternary nitrogens is 1. The molecule has 0 amide bonds. The molecule has 0 aromatic heterocycles. The molecule has 18 heavy (non-hydrogen) atoms. The van der Waals surface area contributed by atoms with Gasteiger partial charge in [-0.1, -0.05) is 19.3 Å². The predicted molar refractivity (Wildman–Crippen MR) is 73.2 cm³/mol. The molecule has 106 valence electrons. The molecular weight excluding hydrogens is 248 g/mol. The second kappa shape index (κ2) is 6.35. The van der Waals surface area contributed by atoms with Gasteiger partial charge in [-0.2, -0.15) is 4.31 Å². The molecule has 0 aromatic carbocycles. The maximum atomic E-state index is 11.5. The third-order valence-electron chi connectivity index (χ3n) is 4.52. The number of sulfonamides is 1. The van der Waals surface area contributed by atoms with Crippen LogP contribution in [0.1, 0.15) is 44.9 Å². The fraction of sp³-hybridized carbons (Fsp3) is 1.00. The fourth-order valence-electron chi connectivity index (χ4n) is 3.38. The molecule has 0 bridgehead atoms. The predicted octanol–water partition coefficient (Wildman–Crippen LogP) is 0.259. The molecule has 5 heteroatoms. The van der Waals surface area contributed by atoms with Gasteiger partial charge in [0.1, 0.15) is 0 Å². The van der Waals surface area contributed by atoms with Gasteiger partial charge in [-0.25, -0.2) is 8.42 Å². The van der Waals surface area contributed by atoms with E-state index in [1.807, 2.05) is 0 Å². The van der Waals surface area contributed by atoms with Crippen LogP contribution in [0.25, 0.3) is 0 Å². The molecule has 1 saturated carbocycles. The Morgan fingerprint density at radius 2 is 1.44 bits per heavy atom. The lowest BCUT2D eigenvalue weighted by Crippen LogP contribution is -3.18. The summed E-state index contributed by atoms with van der Waals surface area (Å²) in [5.74, 6) is 0. The molecule has 2 rings (SSSR count). The van der Waals surface area contributed by atoms with E-state index in [0.717, 1.165) is 19.1 Å². The number of hydrogen-bond donors (Lipinski definition) is 1. The van der Waals surface area contributed by atoms with Gasteiger partial charge in [0.05, 0.1) is 38.5 Å². The van der Waals surface area contributed by atoms with Crippen LogP contribution >= 0.6 is 0 Å². The van der Waals surface area contributed by atoms with E-state index in [2.05, 4.69) is 0 Å². The summed E-state index contributed by atoms with van der Waals surface area (Å²) in [7, 11) is -2.97. The first-order valence-electron chi connectivity index (χ1n) is 7.37. The lowest BCUT2D eigenvalue weighted by atomic mass is 9.95. The van der Waals surface area contributed by atoms with Gasteiger partial charge in [-0.3, -0.25) is 0 Å². The lowest BCUT2D eigenvalue weighted by molar-refractivity contribution is -0.929. The summed E-state index contributed by atoms with van der Waals surface area (Å²) in [6, 6.07) is 0.784. The van der Waals surface area contributed by atoms with Crippen molar-refractivity contribution in [1.82, 2.24) is 4.31 Å². The van der Waals surface area contributed by atoms with Crippen molar-refractivity contribution in [2.45, 2.75) is 51.0 Å². The van der Waals surface area contributed by atoms with E-state index in [1.165, 1.54) is 51.2 Å². The van der Waals surface area contributed by atoms with E-state index in [-0.39, 0.29) is 0 Å². The van der Waals surface area contributed by atoms with Crippen LogP contribution in [-0.4, -0.2) is 51.2 Å². The third kappa shape index (κ3) is 3.93. The summed E-state index contributed by atoms with van der Waals surface area (Å²) in [6.07, 6.45) is 10.9. The van der Waals surface area contributed by atoms with Gasteiger partial charge < -0.3 is 4.90 Å². The zero-order chi connectivity index (χ0) is 13.0.